The van der Waals surface area contributed by atoms with Gasteiger partial charge >= 0.3 is 0 Å². The molecule has 5 aromatic rings. The van der Waals surface area contributed by atoms with E-state index < -0.39 is 26.6 Å². The van der Waals surface area contributed by atoms with E-state index in [1.807, 2.05) is 30.3 Å². The SMILES string of the molecule is COc1ncc(-c2ccc3ncnc(NCc4ccncc4)c3c2)cc1NS(=O)(=O)c1ccc(F)cc1F. The molecule has 2 aromatic carbocycles. The summed E-state index contributed by atoms with van der Waals surface area (Å²) in [6, 6.07) is 13.0. The molecule has 3 aromatic heterocycles. The molecule has 12 heteroatoms. The Bertz CT molecular complexity index is 1740. The predicted octanol–water partition coefficient (Wildman–Crippen LogP) is 4.79. The fraction of sp³-hybridized carbons (Fsp3) is 0.0769. The summed E-state index contributed by atoms with van der Waals surface area (Å²) in [5.41, 5.74) is 2.96. The summed E-state index contributed by atoms with van der Waals surface area (Å²) in [6.45, 7) is 0.523. The molecular weight excluding hydrogens is 514 g/mol. The Morgan fingerprint density at radius 1 is 0.921 bits per heavy atom. The molecule has 0 aliphatic carbocycles. The Balaban J connectivity index is 1.49. The van der Waals surface area contributed by atoms with Crippen molar-refractivity contribution in [2.75, 3.05) is 17.1 Å². The van der Waals surface area contributed by atoms with Crippen molar-refractivity contribution in [3.05, 3.63) is 96.7 Å². The monoisotopic (exact) mass is 534 g/mol. The molecule has 0 saturated carbocycles. The lowest BCUT2D eigenvalue weighted by Crippen LogP contribution is -2.15. The van der Waals surface area contributed by atoms with Crippen LogP contribution in [0.5, 0.6) is 5.88 Å². The van der Waals surface area contributed by atoms with Gasteiger partial charge in [-0.25, -0.2) is 32.2 Å². The number of nitrogens with one attached hydrogen (secondary N) is 2. The maximum Gasteiger partial charge on any atom is 0.264 e. The van der Waals surface area contributed by atoms with E-state index >= 15 is 0 Å². The zero-order chi connectivity index (χ0) is 26.7. The molecule has 0 saturated heterocycles. The average Bonchev–Trinajstić information content (AvgIpc) is 2.91. The summed E-state index contributed by atoms with van der Waals surface area (Å²) >= 11 is 0. The van der Waals surface area contributed by atoms with Crippen LogP contribution in [0.2, 0.25) is 0 Å². The van der Waals surface area contributed by atoms with Gasteiger partial charge in [0.15, 0.2) is 0 Å². The number of nitrogens with zero attached hydrogens (tertiary/aromatic N) is 4. The number of aromatic nitrogens is 4. The van der Waals surface area contributed by atoms with Crippen molar-refractivity contribution in [2.24, 2.45) is 0 Å². The number of anilines is 2. The van der Waals surface area contributed by atoms with Crippen LogP contribution >= 0.6 is 0 Å². The number of halogens is 2. The van der Waals surface area contributed by atoms with E-state index in [-0.39, 0.29) is 11.6 Å². The van der Waals surface area contributed by atoms with Crippen molar-refractivity contribution in [1.29, 1.82) is 0 Å². The van der Waals surface area contributed by atoms with Crippen LogP contribution in [-0.2, 0) is 16.6 Å². The maximum absolute atomic E-state index is 14.2. The number of hydrogen-bond acceptors (Lipinski definition) is 8. The number of sulfonamides is 1. The average molecular weight is 535 g/mol. The molecule has 9 nitrogen and oxygen atoms in total. The number of rotatable bonds is 8. The summed E-state index contributed by atoms with van der Waals surface area (Å²) in [5, 5.41) is 4.04. The summed E-state index contributed by atoms with van der Waals surface area (Å²) in [7, 11) is -3.09. The van der Waals surface area contributed by atoms with Crippen LogP contribution in [0.4, 0.5) is 20.3 Å². The van der Waals surface area contributed by atoms with Crippen molar-refractivity contribution in [3.63, 3.8) is 0 Å². The lowest BCUT2D eigenvalue weighted by molar-refractivity contribution is 0.400. The highest BCUT2D eigenvalue weighted by Crippen LogP contribution is 2.33. The van der Waals surface area contributed by atoms with Gasteiger partial charge in [0.25, 0.3) is 10.0 Å². The van der Waals surface area contributed by atoms with Crippen molar-refractivity contribution < 1.29 is 21.9 Å². The highest BCUT2D eigenvalue weighted by molar-refractivity contribution is 7.92. The summed E-state index contributed by atoms with van der Waals surface area (Å²) in [5.74, 6) is -1.52. The Morgan fingerprint density at radius 3 is 2.50 bits per heavy atom. The van der Waals surface area contributed by atoms with Crippen molar-refractivity contribution in [3.8, 4) is 17.0 Å². The van der Waals surface area contributed by atoms with Gasteiger partial charge in [0.05, 0.1) is 12.6 Å². The molecule has 0 unspecified atom stereocenters. The Hall–Kier alpha value is -4.71. The van der Waals surface area contributed by atoms with E-state index in [0.29, 0.717) is 35.1 Å². The highest BCUT2D eigenvalue weighted by atomic mass is 32.2. The number of ether oxygens (including phenoxy) is 1. The first-order valence-electron chi connectivity index (χ1n) is 11.2. The molecule has 0 atom stereocenters. The summed E-state index contributed by atoms with van der Waals surface area (Å²) in [6.07, 6.45) is 6.40. The lowest BCUT2D eigenvalue weighted by Gasteiger charge is -2.14. The van der Waals surface area contributed by atoms with Crippen LogP contribution in [0.15, 0.2) is 84.4 Å². The standard InChI is InChI=1S/C26H20F2N6O3S/c1-37-26-23(34-38(35,36)24-5-3-19(27)12-21(24)28)11-18(14-31-26)17-2-4-22-20(10-17)25(33-15-32-22)30-13-16-6-8-29-9-7-16/h2-12,14-15,34H,13H2,1H3,(H,30,32,33). The third kappa shape index (κ3) is 5.20. The minimum atomic E-state index is -4.41. The van der Waals surface area contributed by atoms with Crippen LogP contribution in [-0.4, -0.2) is 35.5 Å². The van der Waals surface area contributed by atoms with Gasteiger partial charge in [0.2, 0.25) is 5.88 Å². The van der Waals surface area contributed by atoms with Crippen molar-refractivity contribution >= 4 is 32.4 Å². The molecule has 0 aliphatic rings. The van der Waals surface area contributed by atoms with Crippen LogP contribution in [0.1, 0.15) is 5.56 Å². The molecule has 2 N–H and O–H groups in total. The van der Waals surface area contributed by atoms with E-state index in [1.165, 1.54) is 25.7 Å². The molecule has 0 aliphatic heterocycles. The Morgan fingerprint density at radius 2 is 1.74 bits per heavy atom. The van der Waals surface area contributed by atoms with Gasteiger partial charge in [-0.2, -0.15) is 0 Å². The molecule has 3 heterocycles. The molecule has 5 rings (SSSR count). The van der Waals surface area contributed by atoms with E-state index in [9.17, 15) is 17.2 Å². The van der Waals surface area contributed by atoms with E-state index in [1.54, 1.807) is 12.4 Å². The molecule has 0 bridgehead atoms. The number of hydrogen-bond donors (Lipinski definition) is 2. The van der Waals surface area contributed by atoms with Crippen molar-refractivity contribution in [2.45, 2.75) is 11.4 Å². The lowest BCUT2D eigenvalue weighted by atomic mass is 10.0. The molecular formula is C26H20F2N6O3S. The first-order valence-corrected chi connectivity index (χ1v) is 12.7. The second-order valence-electron chi connectivity index (χ2n) is 8.12. The second kappa shape index (κ2) is 10.3. The largest absolute Gasteiger partial charge is 0.480 e. The molecule has 0 radical (unpaired) electrons. The Labute approximate surface area is 216 Å². The van der Waals surface area contributed by atoms with Crippen LogP contribution < -0.4 is 14.8 Å². The zero-order valence-electron chi connectivity index (χ0n) is 19.9. The van der Waals surface area contributed by atoms with Gasteiger partial charge in [0, 0.05) is 42.2 Å². The number of benzene rings is 2. The number of pyridine rings is 2. The van der Waals surface area contributed by atoms with Gasteiger partial charge in [-0.15, -0.1) is 0 Å². The fourth-order valence-electron chi connectivity index (χ4n) is 3.80. The quantitative estimate of drug-likeness (QED) is 0.292. The third-order valence-electron chi connectivity index (χ3n) is 5.65. The van der Waals surface area contributed by atoms with Crippen LogP contribution in [0, 0.1) is 11.6 Å². The first kappa shape index (κ1) is 25.0. The van der Waals surface area contributed by atoms with E-state index in [4.69, 9.17) is 4.74 Å². The minimum Gasteiger partial charge on any atom is -0.480 e. The molecule has 0 spiro atoms. The maximum atomic E-state index is 14.2. The zero-order valence-corrected chi connectivity index (χ0v) is 20.7. The second-order valence-corrected chi connectivity index (χ2v) is 9.78. The van der Waals surface area contributed by atoms with Gasteiger partial charge in [0.1, 0.15) is 34.4 Å². The summed E-state index contributed by atoms with van der Waals surface area (Å²) in [4.78, 5) is 16.2. The highest BCUT2D eigenvalue weighted by Gasteiger charge is 2.22. The van der Waals surface area contributed by atoms with Crippen molar-refractivity contribution in [1.82, 2.24) is 19.9 Å². The van der Waals surface area contributed by atoms with Gasteiger partial charge < -0.3 is 10.1 Å². The van der Waals surface area contributed by atoms with E-state index in [0.717, 1.165) is 23.1 Å². The number of fused-ring (bicyclic) bond motifs is 1. The van der Waals surface area contributed by atoms with E-state index in [2.05, 4.69) is 30.0 Å². The summed E-state index contributed by atoms with van der Waals surface area (Å²) < 4.78 is 60.7. The van der Waals surface area contributed by atoms with Crippen LogP contribution in [0.3, 0.4) is 0 Å². The molecule has 38 heavy (non-hydrogen) atoms. The minimum absolute atomic E-state index is 0.0193. The normalized spacial score (nSPS) is 11.3. The smallest absolute Gasteiger partial charge is 0.264 e. The predicted molar refractivity (Wildman–Crippen MR) is 138 cm³/mol. The first-order chi connectivity index (χ1) is 18.3. The van der Waals surface area contributed by atoms with Gasteiger partial charge in [-0.05, 0) is 53.6 Å². The molecule has 192 valence electrons. The number of methoxy groups -OCH3 is 1. The topological polar surface area (TPSA) is 119 Å². The fourth-order valence-corrected chi connectivity index (χ4v) is 4.91. The third-order valence-corrected chi connectivity index (χ3v) is 7.05. The van der Waals surface area contributed by atoms with Crippen LogP contribution in [0.25, 0.3) is 22.0 Å². The van der Waals surface area contributed by atoms with Gasteiger partial charge in [-0.3, -0.25) is 9.71 Å². The Kier molecular flexibility index (Phi) is 6.79. The molecule has 0 fully saturated rings. The molecule has 0 amide bonds. The van der Waals surface area contributed by atoms with Gasteiger partial charge in [-0.1, -0.05) is 6.07 Å².